The average Bonchev–Trinajstić information content (AvgIpc) is 2.70. The van der Waals surface area contributed by atoms with Gasteiger partial charge in [0.1, 0.15) is 6.54 Å². The van der Waals surface area contributed by atoms with Crippen molar-refractivity contribution < 1.29 is 4.79 Å². The fourth-order valence-corrected chi connectivity index (χ4v) is 3.00. The maximum absolute atomic E-state index is 12.4. The van der Waals surface area contributed by atoms with Crippen molar-refractivity contribution in [1.82, 2.24) is 14.8 Å². The third-order valence-corrected chi connectivity index (χ3v) is 4.46. The zero-order chi connectivity index (χ0) is 19.5. The predicted molar refractivity (Wildman–Crippen MR) is 109 cm³/mol. The second-order valence-electron chi connectivity index (χ2n) is 6.52. The summed E-state index contributed by atoms with van der Waals surface area (Å²) in [5.74, 6) is -0.337. The minimum absolute atomic E-state index is 0.205. The molecule has 3 aromatic carbocycles. The molecule has 1 N–H and O–H groups in total. The highest BCUT2D eigenvalue weighted by Crippen LogP contribution is 2.22. The van der Waals surface area contributed by atoms with Gasteiger partial charge in [0.05, 0.1) is 11.9 Å². The van der Waals surface area contributed by atoms with Gasteiger partial charge < -0.3 is 5.32 Å². The van der Waals surface area contributed by atoms with E-state index in [0.717, 1.165) is 26.6 Å². The Morgan fingerprint density at radius 1 is 1.00 bits per heavy atom. The Labute approximate surface area is 161 Å². The molecule has 4 aromatic rings. The van der Waals surface area contributed by atoms with E-state index in [1.165, 1.54) is 6.20 Å². The summed E-state index contributed by atoms with van der Waals surface area (Å²) in [7, 11) is 0. The third-order valence-electron chi connectivity index (χ3n) is 4.46. The molecule has 0 atom stereocenters. The van der Waals surface area contributed by atoms with Gasteiger partial charge in [-0.2, -0.15) is 10.1 Å². The van der Waals surface area contributed by atoms with Gasteiger partial charge in [-0.05, 0) is 18.4 Å². The fourth-order valence-electron chi connectivity index (χ4n) is 3.00. The largest absolute Gasteiger partial charge is 0.365 e. The van der Waals surface area contributed by atoms with Gasteiger partial charge in [-0.25, -0.2) is 9.48 Å². The second kappa shape index (κ2) is 7.44. The number of fused-ring (bicyclic) bond motifs is 1. The first-order valence-corrected chi connectivity index (χ1v) is 8.89. The monoisotopic (exact) mass is 370 g/mol. The molecule has 1 aromatic heterocycles. The Kier molecular flexibility index (Phi) is 4.68. The summed E-state index contributed by atoms with van der Waals surface area (Å²) in [6.45, 7) is 1.78. The number of carbonyl (C=O) groups excluding carboxylic acids is 1. The van der Waals surface area contributed by atoms with Gasteiger partial charge in [-0.15, -0.1) is 0 Å². The highest BCUT2D eigenvalue weighted by atomic mass is 16.2. The molecule has 0 bridgehead atoms. The Hall–Kier alpha value is -3.80. The zero-order valence-corrected chi connectivity index (χ0v) is 15.3. The molecule has 0 saturated heterocycles. The summed E-state index contributed by atoms with van der Waals surface area (Å²) < 4.78 is 1.05. The summed E-state index contributed by atoms with van der Waals surface area (Å²) in [5, 5.41) is 8.91. The van der Waals surface area contributed by atoms with Crippen LogP contribution >= 0.6 is 0 Å². The maximum Gasteiger partial charge on any atom is 0.365 e. The molecule has 0 spiro atoms. The molecule has 0 aliphatic carbocycles. The Morgan fingerprint density at radius 2 is 1.75 bits per heavy atom. The molecule has 0 saturated carbocycles. The number of rotatable bonds is 4. The van der Waals surface area contributed by atoms with Crippen LogP contribution in [0.5, 0.6) is 0 Å². The van der Waals surface area contributed by atoms with Crippen molar-refractivity contribution in [2.75, 3.05) is 5.32 Å². The average molecular weight is 370 g/mol. The van der Waals surface area contributed by atoms with Crippen molar-refractivity contribution in [2.24, 2.45) is 0 Å². The van der Waals surface area contributed by atoms with Crippen LogP contribution in [0, 0.1) is 6.92 Å². The van der Waals surface area contributed by atoms with Crippen LogP contribution in [-0.2, 0) is 11.3 Å². The molecule has 1 amide bonds. The number of hydrogen-bond donors (Lipinski definition) is 1. The van der Waals surface area contributed by atoms with Crippen LogP contribution in [0.25, 0.3) is 22.0 Å². The van der Waals surface area contributed by atoms with Gasteiger partial charge in [0.15, 0.2) is 0 Å². The van der Waals surface area contributed by atoms with Crippen molar-refractivity contribution >= 4 is 22.4 Å². The Balaban J connectivity index is 1.53. The van der Waals surface area contributed by atoms with Gasteiger partial charge >= 0.3 is 5.69 Å². The predicted octanol–water partition coefficient (Wildman–Crippen LogP) is 3.41. The number of aryl methyl sites for hydroxylation is 1. The summed E-state index contributed by atoms with van der Waals surface area (Å²) in [4.78, 5) is 28.8. The van der Waals surface area contributed by atoms with Crippen molar-refractivity contribution in [3.63, 3.8) is 0 Å². The molecule has 28 heavy (non-hydrogen) atoms. The molecule has 1 heterocycles. The molecule has 6 nitrogen and oxygen atoms in total. The first-order chi connectivity index (χ1) is 13.6. The van der Waals surface area contributed by atoms with Gasteiger partial charge in [0.25, 0.3) is 0 Å². The van der Waals surface area contributed by atoms with E-state index in [1.54, 1.807) is 0 Å². The minimum Gasteiger partial charge on any atom is -0.324 e. The molecule has 0 aliphatic rings. The quantitative estimate of drug-likeness (QED) is 0.597. The number of anilines is 1. The van der Waals surface area contributed by atoms with Crippen LogP contribution in [0.4, 0.5) is 5.69 Å². The lowest BCUT2D eigenvalue weighted by atomic mass is 10.1. The molecule has 0 unspecified atom stereocenters. The van der Waals surface area contributed by atoms with Crippen LogP contribution in [0.3, 0.4) is 0 Å². The van der Waals surface area contributed by atoms with Crippen molar-refractivity contribution in [2.45, 2.75) is 13.5 Å². The van der Waals surface area contributed by atoms with Crippen molar-refractivity contribution in [3.8, 4) is 11.3 Å². The lowest BCUT2D eigenvalue weighted by Gasteiger charge is -2.09. The number of aromatic nitrogens is 3. The molecule has 4 rings (SSSR count). The lowest BCUT2D eigenvalue weighted by Crippen LogP contribution is -2.31. The van der Waals surface area contributed by atoms with Crippen molar-refractivity contribution in [3.05, 3.63) is 89.0 Å². The van der Waals surface area contributed by atoms with E-state index in [-0.39, 0.29) is 12.5 Å². The highest BCUT2D eigenvalue weighted by Gasteiger charge is 2.10. The van der Waals surface area contributed by atoms with Crippen molar-refractivity contribution in [1.29, 1.82) is 0 Å². The number of hydrogen-bond acceptors (Lipinski definition) is 4. The minimum atomic E-state index is -0.564. The topological polar surface area (TPSA) is 76.9 Å². The number of nitrogens with one attached hydrogen (secondary N) is 1. The standard InChI is InChI=1S/C22H18N4O2/c1-15-9-11-17(12-10-15)20-13-23-26(22(28)25-20)14-21(27)24-19-8-4-6-16-5-2-3-7-18(16)19/h2-13H,14H2,1H3,(H,24,27). The molecule has 6 heteroatoms. The summed E-state index contributed by atoms with van der Waals surface area (Å²) in [5.41, 5.74) is 2.54. The van der Waals surface area contributed by atoms with Crippen LogP contribution < -0.4 is 11.0 Å². The van der Waals surface area contributed by atoms with E-state index >= 15 is 0 Å². The van der Waals surface area contributed by atoms with E-state index in [0.29, 0.717) is 11.4 Å². The third kappa shape index (κ3) is 3.66. The number of benzene rings is 3. The molecular formula is C22H18N4O2. The molecule has 138 valence electrons. The number of nitrogens with zero attached hydrogens (tertiary/aromatic N) is 3. The van der Waals surface area contributed by atoms with Gasteiger partial charge in [-0.1, -0.05) is 66.2 Å². The first kappa shape index (κ1) is 17.6. The highest BCUT2D eigenvalue weighted by molar-refractivity contribution is 6.01. The van der Waals surface area contributed by atoms with Crippen LogP contribution in [0.1, 0.15) is 5.56 Å². The number of carbonyl (C=O) groups is 1. The second-order valence-corrected chi connectivity index (χ2v) is 6.52. The molecule has 0 radical (unpaired) electrons. The van der Waals surface area contributed by atoms with E-state index in [9.17, 15) is 9.59 Å². The number of amides is 1. The van der Waals surface area contributed by atoms with Gasteiger partial charge in [0.2, 0.25) is 5.91 Å². The Bertz CT molecular complexity index is 1210. The first-order valence-electron chi connectivity index (χ1n) is 8.89. The van der Waals surface area contributed by atoms with Gasteiger partial charge in [0, 0.05) is 16.6 Å². The summed E-state index contributed by atoms with van der Waals surface area (Å²) in [6.07, 6.45) is 1.50. The van der Waals surface area contributed by atoms with Gasteiger partial charge in [-0.3, -0.25) is 4.79 Å². The van der Waals surface area contributed by atoms with E-state index < -0.39 is 5.69 Å². The molecule has 0 fully saturated rings. The van der Waals surface area contributed by atoms with Crippen LogP contribution in [0.15, 0.2) is 77.7 Å². The normalized spacial score (nSPS) is 10.8. The molecule has 0 aliphatic heterocycles. The Morgan fingerprint density at radius 3 is 2.54 bits per heavy atom. The summed E-state index contributed by atoms with van der Waals surface area (Å²) in [6, 6.07) is 21.1. The van der Waals surface area contributed by atoms with E-state index in [4.69, 9.17) is 0 Å². The van der Waals surface area contributed by atoms with Crippen LogP contribution in [-0.4, -0.2) is 20.7 Å². The van der Waals surface area contributed by atoms with E-state index in [2.05, 4.69) is 15.4 Å². The summed E-state index contributed by atoms with van der Waals surface area (Å²) >= 11 is 0. The maximum atomic E-state index is 12.4. The molecular weight excluding hydrogens is 352 g/mol. The smallest absolute Gasteiger partial charge is 0.324 e. The zero-order valence-electron chi connectivity index (χ0n) is 15.3. The van der Waals surface area contributed by atoms with E-state index in [1.807, 2.05) is 73.7 Å². The SMILES string of the molecule is Cc1ccc(-c2cnn(CC(=O)Nc3cccc4ccccc34)c(=O)n2)cc1. The fraction of sp³-hybridized carbons (Fsp3) is 0.0909. The lowest BCUT2D eigenvalue weighted by molar-refractivity contribution is -0.117. The van der Waals surface area contributed by atoms with Crippen LogP contribution in [0.2, 0.25) is 0 Å².